The molecule has 1 aromatic heterocycles. The van der Waals surface area contributed by atoms with Crippen molar-refractivity contribution in [3.63, 3.8) is 0 Å². The molecule has 0 amide bonds. The van der Waals surface area contributed by atoms with E-state index < -0.39 is 0 Å². The molecule has 1 radical (unpaired) electrons. The maximum absolute atomic E-state index is 9.30. The third-order valence-electron chi connectivity index (χ3n) is 2.65. The normalized spacial score (nSPS) is 12.2. The number of aromatic nitrogens is 1. The van der Waals surface area contributed by atoms with Gasteiger partial charge >= 0.3 is 0 Å². The first-order valence-corrected chi connectivity index (χ1v) is 4.74. The number of fused-ring (bicyclic) bond motifs is 1. The van der Waals surface area contributed by atoms with Crippen molar-refractivity contribution >= 4 is 10.9 Å². The van der Waals surface area contributed by atoms with Crippen molar-refractivity contribution in [2.75, 3.05) is 6.61 Å². The number of aliphatic hydroxyl groups excluding tert-OH is 1. The monoisotopic (exact) mass is 188 g/mol. The van der Waals surface area contributed by atoms with Crippen molar-refractivity contribution in [1.29, 1.82) is 0 Å². The number of aromatic amines is 1. The highest BCUT2D eigenvalue weighted by atomic mass is 16.3. The molecule has 1 aromatic carbocycles. The lowest BCUT2D eigenvalue weighted by Gasteiger charge is -2.20. The molecule has 0 fully saturated rings. The minimum atomic E-state index is -0.201. The molecule has 2 aromatic rings. The number of hydrogen-bond donors (Lipinski definition) is 2. The Kier molecular flexibility index (Phi) is 2.08. The second kappa shape index (κ2) is 3.14. The van der Waals surface area contributed by atoms with Crippen LogP contribution in [0.15, 0.2) is 24.4 Å². The van der Waals surface area contributed by atoms with Gasteiger partial charge in [0.15, 0.2) is 0 Å². The zero-order chi connectivity index (χ0) is 10.2. The van der Waals surface area contributed by atoms with E-state index in [0.717, 1.165) is 16.5 Å². The number of aliphatic hydroxyl groups is 1. The molecular weight excluding hydrogens is 174 g/mol. The van der Waals surface area contributed by atoms with Gasteiger partial charge in [-0.05, 0) is 23.8 Å². The van der Waals surface area contributed by atoms with Gasteiger partial charge in [-0.2, -0.15) is 0 Å². The van der Waals surface area contributed by atoms with Gasteiger partial charge in [-0.15, -0.1) is 0 Å². The van der Waals surface area contributed by atoms with E-state index in [2.05, 4.69) is 11.1 Å². The molecule has 2 N–H and O–H groups in total. The van der Waals surface area contributed by atoms with E-state index in [0.29, 0.717) is 0 Å². The molecule has 1 heterocycles. The first kappa shape index (κ1) is 9.28. The average Bonchev–Trinajstić information content (AvgIpc) is 2.61. The Bertz CT molecular complexity index is 442. The molecule has 2 nitrogen and oxygen atoms in total. The summed E-state index contributed by atoms with van der Waals surface area (Å²) in [6.07, 6.45) is 1.97. The summed E-state index contributed by atoms with van der Waals surface area (Å²) in [6.45, 7) is 4.21. The zero-order valence-electron chi connectivity index (χ0n) is 8.46. The van der Waals surface area contributed by atoms with E-state index >= 15 is 0 Å². The maximum Gasteiger partial charge on any atom is 0.0523 e. The van der Waals surface area contributed by atoms with Gasteiger partial charge in [-0.3, -0.25) is 0 Å². The van der Waals surface area contributed by atoms with Crippen LogP contribution in [0.25, 0.3) is 10.9 Å². The largest absolute Gasteiger partial charge is 0.395 e. The van der Waals surface area contributed by atoms with Gasteiger partial charge in [0.05, 0.1) is 6.61 Å². The topological polar surface area (TPSA) is 36.0 Å². The number of nitrogens with one attached hydrogen (secondary N) is 1. The minimum absolute atomic E-state index is 0.148. The van der Waals surface area contributed by atoms with Gasteiger partial charge < -0.3 is 10.1 Å². The van der Waals surface area contributed by atoms with Crippen LogP contribution >= 0.6 is 0 Å². The molecule has 2 rings (SSSR count). The Hall–Kier alpha value is -1.28. The Labute approximate surface area is 83.6 Å². The number of benzene rings is 1. The summed E-state index contributed by atoms with van der Waals surface area (Å²) in [5.41, 5.74) is 2.04. The molecule has 73 valence electrons. The van der Waals surface area contributed by atoms with Crippen molar-refractivity contribution in [2.45, 2.75) is 19.3 Å². The Balaban J connectivity index is 2.64. The molecule has 0 unspecified atom stereocenters. The van der Waals surface area contributed by atoms with E-state index in [-0.39, 0.29) is 12.0 Å². The fourth-order valence-electron chi connectivity index (χ4n) is 1.65. The van der Waals surface area contributed by atoms with Gasteiger partial charge in [-0.25, -0.2) is 0 Å². The average molecular weight is 188 g/mol. The number of H-pyrrole nitrogens is 1. The van der Waals surface area contributed by atoms with Crippen molar-refractivity contribution in [3.8, 4) is 0 Å². The standard InChI is InChI=1S/C12H14NO/c1-12(2,8-14)10-7-13-11-6-4-3-5-9(10)11/h4-7,13-14H,8H2,1-2H3. The van der Waals surface area contributed by atoms with Crippen LogP contribution in [-0.2, 0) is 5.41 Å². The van der Waals surface area contributed by atoms with Crippen LogP contribution in [0.5, 0.6) is 0 Å². The van der Waals surface area contributed by atoms with Crippen LogP contribution in [0.3, 0.4) is 0 Å². The van der Waals surface area contributed by atoms with Gasteiger partial charge in [-0.1, -0.05) is 19.9 Å². The maximum atomic E-state index is 9.30. The first-order valence-electron chi connectivity index (χ1n) is 4.74. The lowest BCUT2D eigenvalue weighted by Crippen LogP contribution is -2.21. The molecule has 14 heavy (non-hydrogen) atoms. The molecule has 0 bridgehead atoms. The summed E-state index contributed by atoms with van der Waals surface area (Å²) >= 11 is 0. The summed E-state index contributed by atoms with van der Waals surface area (Å²) in [5.74, 6) is 0. The molecule has 0 spiro atoms. The third kappa shape index (κ3) is 1.32. The summed E-state index contributed by atoms with van der Waals surface area (Å²) in [4.78, 5) is 3.20. The Morgan fingerprint density at radius 1 is 1.50 bits per heavy atom. The zero-order valence-corrected chi connectivity index (χ0v) is 8.46. The third-order valence-corrected chi connectivity index (χ3v) is 2.65. The van der Waals surface area contributed by atoms with E-state index in [1.165, 1.54) is 0 Å². The quantitative estimate of drug-likeness (QED) is 0.745. The van der Waals surface area contributed by atoms with E-state index in [1.54, 1.807) is 0 Å². The fourth-order valence-corrected chi connectivity index (χ4v) is 1.65. The number of hydrogen-bond acceptors (Lipinski definition) is 1. The van der Waals surface area contributed by atoms with E-state index in [9.17, 15) is 5.11 Å². The van der Waals surface area contributed by atoms with Crippen LogP contribution in [0, 0.1) is 6.07 Å². The van der Waals surface area contributed by atoms with Crippen LogP contribution in [0.1, 0.15) is 19.4 Å². The molecule has 0 saturated carbocycles. The Morgan fingerprint density at radius 3 is 3.00 bits per heavy atom. The highest BCUT2D eigenvalue weighted by molar-refractivity contribution is 5.83. The smallest absolute Gasteiger partial charge is 0.0523 e. The predicted octanol–water partition coefficient (Wildman–Crippen LogP) is 2.24. The molecule has 0 atom stereocenters. The van der Waals surface area contributed by atoms with Crippen LogP contribution in [0.4, 0.5) is 0 Å². The van der Waals surface area contributed by atoms with Crippen LogP contribution < -0.4 is 0 Å². The SMILES string of the molecule is CC(C)(CO)c1c[nH]c2cc[c]cc12. The first-order chi connectivity index (χ1) is 6.65. The summed E-state index contributed by atoms with van der Waals surface area (Å²) in [5, 5.41) is 10.4. The second-order valence-corrected chi connectivity index (χ2v) is 4.22. The molecule has 0 aliphatic heterocycles. The van der Waals surface area contributed by atoms with E-state index in [4.69, 9.17) is 0 Å². The fraction of sp³-hybridized carbons (Fsp3) is 0.333. The van der Waals surface area contributed by atoms with Crippen molar-refractivity contribution in [2.24, 2.45) is 0 Å². The van der Waals surface area contributed by atoms with Crippen molar-refractivity contribution in [3.05, 3.63) is 36.0 Å². The number of rotatable bonds is 2. The highest BCUT2D eigenvalue weighted by Gasteiger charge is 2.22. The van der Waals surface area contributed by atoms with Crippen molar-refractivity contribution in [1.82, 2.24) is 4.98 Å². The summed E-state index contributed by atoms with van der Waals surface area (Å²) in [7, 11) is 0. The summed E-state index contributed by atoms with van der Waals surface area (Å²) in [6, 6.07) is 8.89. The molecule has 2 heteroatoms. The van der Waals surface area contributed by atoms with Gasteiger partial charge in [0.25, 0.3) is 0 Å². The lowest BCUT2D eigenvalue weighted by atomic mass is 9.85. The van der Waals surface area contributed by atoms with E-state index in [1.807, 2.05) is 38.2 Å². The molecule has 0 saturated heterocycles. The lowest BCUT2D eigenvalue weighted by molar-refractivity contribution is 0.219. The van der Waals surface area contributed by atoms with Crippen molar-refractivity contribution < 1.29 is 5.11 Å². The molecular formula is C12H14NO. The van der Waals surface area contributed by atoms with Gasteiger partial charge in [0.2, 0.25) is 0 Å². The molecule has 0 aliphatic carbocycles. The molecule has 0 aliphatic rings. The van der Waals surface area contributed by atoms with Crippen LogP contribution in [-0.4, -0.2) is 16.7 Å². The predicted molar refractivity (Wildman–Crippen MR) is 57.2 cm³/mol. The van der Waals surface area contributed by atoms with Gasteiger partial charge in [0, 0.05) is 22.5 Å². The summed E-state index contributed by atoms with van der Waals surface area (Å²) < 4.78 is 0. The highest BCUT2D eigenvalue weighted by Crippen LogP contribution is 2.29. The van der Waals surface area contributed by atoms with Gasteiger partial charge in [0.1, 0.15) is 0 Å². The Morgan fingerprint density at radius 2 is 2.29 bits per heavy atom. The minimum Gasteiger partial charge on any atom is -0.395 e. The van der Waals surface area contributed by atoms with Crippen LogP contribution in [0.2, 0.25) is 0 Å². The second-order valence-electron chi connectivity index (χ2n) is 4.22.